The highest BCUT2D eigenvalue weighted by Gasteiger charge is 2.15. The topological polar surface area (TPSA) is 54.4 Å². The lowest BCUT2D eigenvalue weighted by atomic mass is 10.1. The molecular weight excluding hydrogens is 176 g/mol. The van der Waals surface area contributed by atoms with Crippen molar-refractivity contribution in [2.24, 2.45) is 0 Å². The van der Waals surface area contributed by atoms with Crippen LogP contribution in [0, 0.1) is 0 Å². The van der Waals surface area contributed by atoms with Crippen molar-refractivity contribution < 1.29 is 14.7 Å². The fourth-order valence-electron chi connectivity index (χ4n) is 0.781. The lowest BCUT2D eigenvalue weighted by Crippen LogP contribution is -2.13. The molecule has 0 amide bonds. The van der Waals surface area contributed by atoms with Crippen LogP contribution in [0.25, 0.3) is 0 Å². The molecule has 1 aromatic carbocycles. The van der Waals surface area contributed by atoms with Gasteiger partial charge < -0.3 is 5.11 Å². The summed E-state index contributed by atoms with van der Waals surface area (Å²) in [6.07, 6.45) is 0. The average molecular weight is 182 g/mol. The van der Waals surface area contributed by atoms with Crippen molar-refractivity contribution >= 4 is 24.4 Å². The van der Waals surface area contributed by atoms with Gasteiger partial charge in [-0.1, -0.05) is 12.1 Å². The molecule has 1 N–H and O–H groups in total. The van der Waals surface area contributed by atoms with Gasteiger partial charge in [-0.3, -0.25) is 4.79 Å². The second kappa shape index (κ2) is 3.40. The van der Waals surface area contributed by atoms with Crippen LogP contribution in [-0.4, -0.2) is 16.9 Å². The van der Waals surface area contributed by atoms with Crippen LogP contribution >= 0.6 is 12.6 Å². The highest BCUT2D eigenvalue weighted by Crippen LogP contribution is 2.13. The van der Waals surface area contributed by atoms with Crippen molar-refractivity contribution in [2.75, 3.05) is 0 Å². The first-order chi connectivity index (χ1) is 5.63. The highest BCUT2D eigenvalue weighted by molar-refractivity contribution is 7.80. The first-order valence-corrected chi connectivity index (χ1v) is 3.63. The molecule has 0 aliphatic rings. The van der Waals surface area contributed by atoms with E-state index in [0.29, 0.717) is 4.90 Å². The number of carboxylic acid groups (broad SMARTS) is 1. The quantitative estimate of drug-likeness (QED) is 0.411. The van der Waals surface area contributed by atoms with E-state index in [1.165, 1.54) is 6.07 Å². The first-order valence-electron chi connectivity index (χ1n) is 3.18. The number of benzene rings is 1. The van der Waals surface area contributed by atoms with Gasteiger partial charge in [-0.25, -0.2) is 4.79 Å². The Hall–Kier alpha value is -1.29. The molecule has 0 atom stereocenters. The van der Waals surface area contributed by atoms with Gasteiger partial charge in [-0.15, -0.1) is 12.6 Å². The normalized spacial score (nSPS) is 9.42. The standard InChI is InChI=1S/C8H6O3S/c9-7(8(10)11)5-3-1-2-4-6(5)12/h1-4,12H,(H,10,11). The summed E-state index contributed by atoms with van der Waals surface area (Å²) in [7, 11) is 0. The Kier molecular flexibility index (Phi) is 2.50. The number of Topliss-reactive ketones (excluding diaryl/α,β-unsaturated/α-hetero) is 1. The van der Waals surface area contributed by atoms with E-state index in [1.807, 2.05) is 0 Å². The van der Waals surface area contributed by atoms with E-state index in [2.05, 4.69) is 12.6 Å². The molecule has 0 bridgehead atoms. The summed E-state index contributed by atoms with van der Waals surface area (Å²) >= 11 is 3.95. The number of thiol groups is 1. The Morgan fingerprint density at radius 1 is 1.25 bits per heavy atom. The Morgan fingerprint density at radius 3 is 2.33 bits per heavy atom. The minimum atomic E-state index is -1.46. The number of carboxylic acids is 1. The summed E-state index contributed by atoms with van der Waals surface area (Å²) in [5.41, 5.74) is 0.119. The van der Waals surface area contributed by atoms with E-state index in [0.717, 1.165) is 0 Å². The van der Waals surface area contributed by atoms with Crippen LogP contribution in [0.2, 0.25) is 0 Å². The summed E-state index contributed by atoms with van der Waals surface area (Å²) in [6, 6.07) is 6.27. The Balaban J connectivity index is 3.11. The highest BCUT2D eigenvalue weighted by atomic mass is 32.1. The summed E-state index contributed by atoms with van der Waals surface area (Å²) in [4.78, 5) is 21.6. The number of hydrogen-bond donors (Lipinski definition) is 2. The van der Waals surface area contributed by atoms with Crippen molar-refractivity contribution in [1.82, 2.24) is 0 Å². The van der Waals surface area contributed by atoms with E-state index in [1.54, 1.807) is 18.2 Å². The van der Waals surface area contributed by atoms with E-state index < -0.39 is 11.8 Å². The third-order valence-electron chi connectivity index (χ3n) is 1.34. The van der Waals surface area contributed by atoms with E-state index in [4.69, 9.17) is 5.11 Å². The van der Waals surface area contributed by atoms with Gasteiger partial charge in [-0.05, 0) is 12.1 Å². The van der Waals surface area contributed by atoms with Crippen LogP contribution in [0.15, 0.2) is 29.2 Å². The van der Waals surface area contributed by atoms with Crippen molar-refractivity contribution in [3.8, 4) is 0 Å². The predicted octanol–water partition coefficient (Wildman–Crippen LogP) is 1.24. The third-order valence-corrected chi connectivity index (χ3v) is 1.73. The number of carbonyl (C=O) groups excluding carboxylic acids is 1. The molecule has 0 heterocycles. The van der Waals surface area contributed by atoms with E-state index >= 15 is 0 Å². The molecule has 12 heavy (non-hydrogen) atoms. The van der Waals surface area contributed by atoms with Gasteiger partial charge in [0.05, 0.1) is 0 Å². The van der Waals surface area contributed by atoms with Crippen molar-refractivity contribution in [3.63, 3.8) is 0 Å². The van der Waals surface area contributed by atoms with Crippen LogP contribution in [0.4, 0.5) is 0 Å². The molecule has 0 saturated carbocycles. The zero-order valence-corrected chi connectivity index (χ0v) is 6.91. The summed E-state index contributed by atoms with van der Waals surface area (Å²) in [5, 5.41) is 8.38. The van der Waals surface area contributed by atoms with Crippen LogP contribution in [0.3, 0.4) is 0 Å². The van der Waals surface area contributed by atoms with Crippen LogP contribution in [-0.2, 0) is 4.79 Å². The second-order valence-electron chi connectivity index (χ2n) is 2.15. The lowest BCUT2D eigenvalue weighted by molar-refractivity contribution is -0.131. The molecule has 0 fully saturated rings. The summed E-state index contributed by atoms with van der Waals surface area (Å²) in [6.45, 7) is 0. The van der Waals surface area contributed by atoms with Gasteiger partial charge >= 0.3 is 5.97 Å². The largest absolute Gasteiger partial charge is 0.475 e. The van der Waals surface area contributed by atoms with Gasteiger partial charge in [0.15, 0.2) is 0 Å². The molecule has 0 aliphatic heterocycles. The minimum absolute atomic E-state index is 0.119. The van der Waals surface area contributed by atoms with Gasteiger partial charge in [-0.2, -0.15) is 0 Å². The maximum atomic E-state index is 10.9. The number of aliphatic carboxylic acids is 1. The van der Waals surface area contributed by atoms with Crippen LogP contribution in [0.5, 0.6) is 0 Å². The molecule has 0 aromatic heterocycles. The molecule has 0 spiro atoms. The molecule has 0 aliphatic carbocycles. The molecule has 0 saturated heterocycles. The Morgan fingerprint density at radius 2 is 1.83 bits per heavy atom. The van der Waals surface area contributed by atoms with Gasteiger partial charge in [0.2, 0.25) is 0 Å². The molecule has 3 nitrogen and oxygen atoms in total. The fraction of sp³-hybridized carbons (Fsp3) is 0. The maximum absolute atomic E-state index is 10.9. The minimum Gasteiger partial charge on any atom is -0.475 e. The number of hydrogen-bond acceptors (Lipinski definition) is 3. The first kappa shape index (κ1) is 8.80. The molecule has 0 unspecified atom stereocenters. The zero-order valence-electron chi connectivity index (χ0n) is 6.02. The number of carbonyl (C=O) groups is 2. The van der Waals surface area contributed by atoms with Gasteiger partial charge in [0.1, 0.15) is 0 Å². The molecule has 1 aromatic rings. The molecule has 1 rings (SSSR count). The maximum Gasteiger partial charge on any atom is 0.377 e. The third kappa shape index (κ3) is 1.65. The fourth-order valence-corrected chi connectivity index (χ4v) is 1.04. The van der Waals surface area contributed by atoms with Gasteiger partial charge in [0.25, 0.3) is 5.78 Å². The molecule has 0 radical (unpaired) electrons. The smallest absolute Gasteiger partial charge is 0.377 e. The monoisotopic (exact) mass is 182 g/mol. The predicted molar refractivity (Wildman–Crippen MR) is 45.7 cm³/mol. The van der Waals surface area contributed by atoms with Crippen molar-refractivity contribution in [2.45, 2.75) is 4.90 Å². The Bertz CT molecular complexity index is 333. The van der Waals surface area contributed by atoms with Crippen LogP contribution < -0.4 is 0 Å². The second-order valence-corrected chi connectivity index (χ2v) is 2.63. The summed E-state index contributed by atoms with van der Waals surface area (Å²) in [5.74, 6) is -2.39. The van der Waals surface area contributed by atoms with Crippen molar-refractivity contribution in [1.29, 1.82) is 0 Å². The number of rotatable bonds is 2. The zero-order chi connectivity index (χ0) is 9.14. The molecular formula is C8H6O3S. The molecule has 62 valence electrons. The van der Waals surface area contributed by atoms with Crippen molar-refractivity contribution in [3.05, 3.63) is 29.8 Å². The van der Waals surface area contributed by atoms with Crippen LogP contribution in [0.1, 0.15) is 10.4 Å². The SMILES string of the molecule is O=C(O)C(=O)c1ccccc1S. The molecule has 4 heteroatoms. The lowest BCUT2D eigenvalue weighted by Gasteiger charge is -1.98. The van der Waals surface area contributed by atoms with E-state index in [9.17, 15) is 9.59 Å². The number of ketones is 1. The average Bonchev–Trinajstić information content (AvgIpc) is 2.04. The summed E-state index contributed by atoms with van der Waals surface area (Å²) < 4.78 is 0. The van der Waals surface area contributed by atoms with E-state index in [-0.39, 0.29) is 5.56 Å². The van der Waals surface area contributed by atoms with Gasteiger partial charge in [0, 0.05) is 10.5 Å². The Labute approximate surface area is 74.4 Å².